The van der Waals surface area contributed by atoms with E-state index in [0.717, 1.165) is 21.4 Å². The van der Waals surface area contributed by atoms with Gasteiger partial charge in [0.2, 0.25) is 0 Å². The molecule has 1 aromatic carbocycles. The third kappa shape index (κ3) is 2.67. The highest BCUT2D eigenvalue weighted by Gasteiger charge is 2.29. The molecule has 3 rings (SSSR count). The Balaban J connectivity index is 2.01. The zero-order valence-electron chi connectivity index (χ0n) is 11.4. The molecule has 1 saturated carbocycles. The van der Waals surface area contributed by atoms with Crippen molar-refractivity contribution in [3.63, 3.8) is 0 Å². The molecule has 1 fully saturated rings. The monoisotopic (exact) mass is 351 g/mol. The van der Waals surface area contributed by atoms with E-state index in [4.69, 9.17) is 11.6 Å². The summed E-state index contributed by atoms with van der Waals surface area (Å²) < 4.78 is 0.843. The Morgan fingerprint density at radius 1 is 1.15 bits per heavy atom. The molecular formula is C15H15BrClN3. The first-order chi connectivity index (χ1) is 9.56. The topological polar surface area (TPSA) is 29.0 Å². The Kier molecular flexibility index (Phi) is 3.69. The molecule has 104 valence electrons. The van der Waals surface area contributed by atoms with E-state index in [1.54, 1.807) is 0 Å². The van der Waals surface area contributed by atoms with Crippen molar-refractivity contribution >= 4 is 33.2 Å². The fourth-order valence-corrected chi connectivity index (χ4v) is 2.78. The molecule has 0 N–H and O–H groups in total. The van der Waals surface area contributed by atoms with Gasteiger partial charge in [-0.1, -0.05) is 11.6 Å². The molecule has 0 spiro atoms. The van der Waals surface area contributed by atoms with Crippen LogP contribution in [-0.2, 0) is 0 Å². The van der Waals surface area contributed by atoms with E-state index in [-0.39, 0.29) is 0 Å². The van der Waals surface area contributed by atoms with Gasteiger partial charge in [0.1, 0.15) is 5.15 Å². The van der Waals surface area contributed by atoms with Crippen molar-refractivity contribution in [1.82, 2.24) is 9.97 Å². The molecule has 0 unspecified atom stereocenters. The highest BCUT2D eigenvalue weighted by atomic mass is 79.9. The molecule has 0 aliphatic heterocycles. The lowest BCUT2D eigenvalue weighted by molar-refractivity contribution is 0.979. The first-order valence-electron chi connectivity index (χ1n) is 6.57. The lowest BCUT2D eigenvalue weighted by Crippen LogP contribution is -2.08. The second kappa shape index (κ2) is 5.34. The number of halogens is 2. The van der Waals surface area contributed by atoms with Gasteiger partial charge in [-0.2, -0.15) is 0 Å². The number of hydrogen-bond acceptors (Lipinski definition) is 3. The molecule has 0 saturated heterocycles. The molecule has 20 heavy (non-hydrogen) atoms. The highest BCUT2D eigenvalue weighted by molar-refractivity contribution is 9.10. The highest BCUT2D eigenvalue weighted by Crippen LogP contribution is 2.44. The summed E-state index contributed by atoms with van der Waals surface area (Å²) in [5, 5.41) is 0.494. The van der Waals surface area contributed by atoms with Gasteiger partial charge >= 0.3 is 0 Å². The summed E-state index contributed by atoms with van der Waals surface area (Å²) in [6.07, 6.45) is 2.37. The van der Waals surface area contributed by atoms with Crippen LogP contribution in [0.3, 0.4) is 0 Å². The smallest absolute Gasteiger partial charge is 0.161 e. The maximum atomic E-state index is 6.22. The third-order valence-corrected chi connectivity index (χ3v) is 4.73. The minimum absolute atomic E-state index is 0.494. The molecular weight excluding hydrogens is 338 g/mol. The minimum Gasteiger partial charge on any atom is -0.378 e. The zero-order valence-corrected chi connectivity index (χ0v) is 13.7. The van der Waals surface area contributed by atoms with Crippen molar-refractivity contribution in [2.45, 2.75) is 18.8 Å². The van der Waals surface area contributed by atoms with Crippen LogP contribution in [-0.4, -0.2) is 24.1 Å². The molecule has 1 aliphatic carbocycles. The second-order valence-corrected chi connectivity index (χ2v) is 6.40. The summed E-state index contributed by atoms with van der Waals surface area (Å²) in [6.45, 7) is 0. The zero-order chi connectivity index (χ0) is 14.3. The van der Waals surface area contributed by atoms with Crippen LogP contribution in [0.1, 0.15) is 24.5 Å². The standard InChI is InChI=1S/C15H15BrClN3/c1-20(2)11-7-5-10(6-8-11)15-18-13(9-3-4-9)12(16)14(17)19-15/h5-9H,3-4H2,1-2H3. The molecule has 1 heterocycles. The first kappa shape index (κ1) is 13.8. The van der Waals surface area contributed by atoms with Gasteiger partial charge in [0.05, 0.1) is 10.2 Å². The van der Waals surface area contributed by atoms with E-state index >= 15 is 0 Å². The van der Waals surface area contributed by atoms with Crippen LogP contribution in [0.15, 0.2) is 28.7 Å². The summed E-state index contributed by atoms with van der Waals surface area (Å²) in [7, 11) is 4.04. The average Bonchev–Trinajstić information content (AvgIpc) is 3.26. The predicted molar refractivity (Wildman–Crippen MR) is 86.5 cm³/mol. The Hall–Kier alpha value is -1.13. The number of aromatic nitrogens is 2. The van der Waals surface area contributed by atoms with E-state index in [1.807, 2.05) is 26.2 Å². The van der Waals surface area contributed by atoms with Crippen LogP contribution in [0.2, 0.25) is 5.15 Å². The molecule has 0 radical (unpaired) electrons. The fraction of sp³-hybridized carbons (Fsp3) is 0.333. The fourth-order valence-electron chi connectivity index (χ4n) is 2.10. The summed E-state index contributed by atoms with van der Waals surface area (Å²) in [5.74, 6) is 1.23. The lowest BCUT2D eigenvalue weighted by atomic mass is 10.1. The summed E-state index contributed by atoms with van der Waals surface area (Å²) >= 11 is 9.71. The molecule has 0 bridgehead atoms. The first-order valence-corrected chi connectivity index (χ1v) is 7.74. The molecule has 3 nitrogen and oxygen atoms in total. The van der Waals surface area contributed by atoms with E-state index in [9.17, 15) is 0 Å². The molecule has 0 atom stereocenters. The number of anilines is 1. The molecule has 5 heteroatoms. The van der Waals surface area contributed by atoms with Crippen molar-refractivity contribution < 1.29 is 0 Å². The largest absolute Gasteiger partial charge is 0.378 e. The van der Waals surface area contributed by atoms with Crippen LogP contribution < -0.4 is 4.90 Å². The van der Waals surface area contributed by atoms with Crippen LogP contribution in [0, 0.1) is 0 Å². The van der Waals surface area contributed by atoms with E-state index in [1.165, 1.54) is 12.8 Å². The van der Waals surface area contributed by atoms with Crippen LogP contribution >= 0.6 is 27.5 Å². The molecule has 2 aromatic rings. The third-order valence-electron chi connectivity index (χ3n) is 3.44. The van der Waals surface area contributed by atoms with Gasteiger partial charge in [0.15, 0.2) is 5.82 Å². The Bertz CT molecular complexity index is 636. The quantitative estimate of drug-likeness (QED) is 0.761. The molecule has 0 amide bonds. The van der Waals surface area contributed by atoms with E-state index in [0.29, 0.717) is 16.9 Å². The van der Waals surface area contributed by atoms with Crippen LogP contribution in [0.25, 0.3) is 11.4 Å². The van der Waals surface area contributed by atoms with Crippen molar-refractivity contribution in [1.29, 1.82) is 0 Å². The van der Waals surface area contributed by atoms with Gasteiger partial charge in [-0.05, 0) is 53.0 Å². The van der Waals surface area contributed by atoms with E-state index < -0.39 is 0 Å². The van der Waals surface area contributed by atoms with Gasteiger partial charge in [0.25, 0.3) is 0 Å². The molecule has 1 aliphatic rings. The normalized spacial score (nSPS) is 14.4. The van der Waals surface area contributed by atoms with Gasteiger partial charge < -0.3 is 4.90 Å². The van der Waals surface area contributed by atoms with Gasteiger partial charge in [-0.15, -0.1) is 0 Å². The Morgan fingerprint density at radius 2 is 1.80 bits per heavy atom. The maximum absolute atomic E-state index is 6.22. The Morgan fingerprint density at radius 3 is 2.35 bits per heavy atom. The average molecular weight is 353 g/mol. The number of nitrogens with zero attached hydrogens (tertiary/aromatic N) is 3. The van der Waals surface area contributed by atoms with E-state index in [2.05, 4.69) is 42.9 Å². The number of rotatable bonds is 3. The van der Waals surface area contributed by atoms with Crippen molar-refractivity contribution in [2.75, 3.05) is 19.0 Å². The van der Waals surface area contributed by atoms with Crippen LogP contribution in [0.4, 0.5) is 5.69 Å². The SMILES string of the molecule is CN(C)c1ccc(-c2nc(Cl)c(Br)c(C3CC3)n2)cc1. The summed E-state index contributed by atoms with van der Waals surface area (Å²) in [5.41, 5.74) is 3.18. The van der Waals surface area contributed by atoms with Gasteiger partial charge in [-0.3, -0.25) is 0 Å². The lowest BCUT2D eigenvalue weighted by Gasteiger charge is -2.13. The van der Waals surface area contributed by atoms with Crippen molar-refractivity contribution in [3.8, 4) is 11.4 Å². The summed E-state index contributed by atoms with van der Waals surface area (Å²) in [6, 6.07) is 8.19. The maximum Gasteiger partial charge on any atom is 0.161 e. The van der Waals surface area contributed by atoms with Gasteiger partial charge in [-0.25, -0.2) is 9.97 Å². The number of benzene rings is 1. The van der Waals surface area contributed by atoms with Crippen molar-refractivity contribution in [2.24, 2.45) is 0 Å². The van der Waals surface area contributed by atoms with Gasteiger partial charge in [0, 0.05) is 31.3 Å². The van der Waals surface area contributed by atoms with Crippen molar-refractivity contribution in [3.05, 3.63) is 39.6 Å². The summed E-state index contributed by atoms with van der Waals surface area (Å²) in [4.78, 5) is 11.1. The number of hydrogen-bond donors (Lipinski definition) is 0. The van der Waals surface area contributed by atoms with Crippen LogP contribution in [0.5, 0.6) is 0 Å². The molecule has 1 aromatic heterocycles. The Labute approximate surface area is 132 Å². The second-order valence-electron chi connectivity index (χ2n) is 5.25. The predicted octanol–water partition coefficient (Wildman–Crippen LogP) is 4.50. The minimum atomic E-state index is 0.494.